The number of carbonyl (C=O) groups is 1. The number of esters is 1. The van der Waals surface area contributed by atoms with Crippen molar-refractivity contribution in [3.63, 3.8) is 0 Å². The Bertz CT molecular complexity index is 597. The Kier molecular flexibility index (Phi) is 3.23. The van der Waals surface area contributed by atoms with Crippen LogP contribution >= 0.6 is 0 Å². The van der Waals surface area contributed by atoms with Gasteiger partial charge >= 0.3 is 5.97 Å². The van der Waals surface area contributed by atoms with E-state index in [1.165, 1.54) is 7.11 Å². The van der Waals surface area contributed by atoms with Crippen molar-refractivity contribution >= 4 is 11.7 Å². The number of nitrogens with zero attached hydrogens (tertiary/aromatic N) is 2. The van der Waals surface area contributed by atoms with E-state index in [0.717, 1.165) is 11.3 Å². The van der Waals surface area contributed by atoms with Crippen molar-refractivity contribution in [2.75, 3.05) is 12.8 Å². The van der Waals surface area contributed by atoms with E-state index in [1.807, 2.05) is 13.0 Å². The molecule has 1 aromatic carbocycles. The van der Waals surface area contributed by atoms with Crippen LogP contribution in [0, 0.1) is 6.92 Å². The molecule has 0 unspecified atom stereocenters. The third kappa shape index (κ3) is 2.29. The van der Waals surface area contributed by atoms with E-state index in [-0.39, 0.29) is 0 Å². The van der Waals surface area contributed by atoms with Gasteiger partial charge in [-0.2, -0.15) is 0 Å². The maximum Gasteiger partial charge on any atom is 0.339 e. The molecular formula is C13H13N3O2. The Balaban J connectivity index is 2.50. The van der Waals surface area contributed by atoms with Crippen LogP contribution in [0.2, 0.25) is 0 Å². The Morgan fingerprint density at radius 1 is 1.33 bits per heavy atom. The summed E-state index contributed by atoms with van der Waals surface area (Å²) >= 11 is 0. The van der Waals surface area contributed by atoms with E-state index in [0.29, 0.717) is 17.1 Å². The zero-order chi connectivity index (χ0) is 13.1. The molecule has 18 heavy (non-hydrogen) atoms. The van der Waals surface area contributed by atoms with E-state index in [2.05, 4.69) is 14.7 Å². The second-order valence-electron chi connectivity index (χ2n) is 3.82. The van der Waals surface area contributed by atoms with Crippen LogP contribution in [0.15, 0.2) is 30.5 Å². The van der Waals surface area contributed by atoms with E-state index in [9.17, 15) is 4.79 Å². The van der Waals surface area contributed by atoms with E-state index < -0.39 is 5.97 Å². The summed E-state index contributed by atoms with van der Waals surface area (Å²) < 4.78 is 4.67. The summed E-state index contributed by atoms with van der Waals surface area (Å²) in [6.45, 7) is 1.88. The van der Waals surface area contributed by atoms with Gasteiger partial charge in [-0.1, -0.05) is 0 Å². The molecule has 0 aliphatic rings. The summed E-state index contributed by atoms with van der Waals surface area (Å²) in [6.07, 6.45) is 1.67. The van der Waals surface area contributed by atoms with Gasteiger partial charge in [0.2, 0.25) is 0 Å². The topological polar surface area (TPSA) is 78.1 Å². The van der Waals surface area contributed by atoms with E-state index >= 15 is 0 Å². The van der Waals surface area contributed by atoms with E-state index in [4.69, 9.17) is 5.73 Å². The molecule has 0 aliphatic carbocycles. The molecule has 1 aromatic heterocycles. The zero-order valence-corrected chi connectivity index (χ0v) is 10.2. The minimum atomic E-state index is -0.470. The minimum Gasteiger partial charge on any atom is -0.465 e. The molecule has 5 nitrogen and oxygen atoms in total. The second kappa shape index (κ2) is 4.83. The maximum atomic E-state index is 11.5. The van der Waals surface area contributed by atoms with Crippen LogP contribution in [-0.4, -0.2) is 23.0 Å². The van der Waals surface area contributed by atoms with Gasteiger partial charge in [0.15, 0.2) is 5.82 Å². The van der Waals surface area contributed by atoms with Crippen LogP contribution in [0.3, 0.4) is 0 Å². The molecule has 5 heteroatoms. The molecule has 0 spiro atoms. The number of rotatable bonds is 2. The van der Waals surface area contributed by atoms with Crippen molar-refractivity contribution in [3.05, 3.63) is 41.7 Å². The second-order valence-corrected chi connectivity index (χ2v) is 3.82. The number of nitrogen functional groups attached to an aromatic ring is 1. The van der Waals surface area contributed by atoms with Gasteiger partial charge in [0.05, 0.1) is 12.7 Å². The molecule has 0 atom stereocenters. The van der Waals surface area contributed by atoms with Crippen LogP contribution in [0.5, 0.6) is 0 Å². The van der Waals surface area contributed by atoms with Crippen molar-refractivity contribution in [1.29, 1.82) is 0 Å². The number of benzene rings is 1. The molecule has 2 aromatic rings. The quantitative estimate of drug-likeness (QED) is 0.643. The Labute approximate surface area is 105 Å². The standard InChI is InChI=1S/C13H13N3O2/c1-8-5-6-15-12(16-8)9-3-4-11(14)10(7-9)13(17)18-2/h3-7H,14H2,1-2H3. The molecule has 2 N–H and O–H groups in total. The first kappa shape index (κ1) is 12.0. The number of hydrogen-bond acceptors (Lipinski definition) is 5. The summed E-state index contributed by atoms with van der Waals surface area (Å²) in [5, 5.41) is 0. The number of methoxy groups -OCH3 is 1. The highest BCUT2D eigenvalue weighted by molar-refractivity contribution is 5.96. The van der Waals surface area contributed by atoms with Crippen molar-refractivity contribution < 1.29 is 9.53 Å². The van der Waals surface area contributed by atoms with Gasteiger partial charge < -0.3 is 10.5 Å². The van der Waals surface area contributed by atoms with Gasteiger partial charge in [-0.05, 0) is 31.2 Å². The number of aromatic nitrogens is 2. The molecule has 0 amide bonds. The van der Waals surface area contributed by atoms with E-state index in [1.54, 1.807) is 24.4 Å². The van der Waals surface area contributed by atoms with Crippen LogP contribution in [0.25, 0.3) is 11.4 Å². The van der Waals surface area contributed by atoms with Gasteiger partial charge in [0, 0.05) is 23.1 Å². The molecule has 0 saturated heterocycles. The monoisotopic (exact) mass is 243 g/mol. The molecule has 1 heterocycles. The molecule has 0 fully saturated rings. The average Bonchev–Trinajstić information content (AvgIpc) is 2.38. The number of nitrogens with two attached hydrogens (primary N) is 1. The molecule has 92 valence electrons. The minimum absolute atomic E-state index is 0.320. The molecular weight excluding hydrogens is 230 g/mol. The smallest absolute Gasteiger partial charge is 0.339 e. The number of hydrogen-bond donors (Lipinski definition) is 1. The maximum absolute atomic E-state index is 11.5. The average molecular weight is 243 g/mol. The van der Waals surface area contributed by atoms with Crippen LogP contribution in [0.1, 0.15) is 16.1 Å². The van der Waals surface area contributed by atoms with Gasteiger partial charge in [-0.25, -0.2) is 14.8 Å². The number of aryl methyl sites for hydroxylation is 1. The van der Waals surface area contributed by atoms with Crippen molar-refractivity contribution in [1.82, 2.24) is 9.97 Å². The van der Waals surface area contributed by atoms with Gasteiger partial charge in [-0.3, -0.25) is 0 Å². The van der Waals surface area contributed by atoms with Crippen LogP contribution in [-0.2, 0) is 4.74 Å². The summed E-state index contributed by atoms with van der Waals surface area (Å²) in [7, 11) is 1.32. The lowest BCUT2D eigenvalue weighted by molar-refractivity contribution is 0.0602. The fourth-order valence-corrected chi connectivity index (χ4v) is 1.57. The predicted molar refractivity (Wildman–Crippen MR) is 68.0 cm³/mol. The summed E-state index contributed by atoms with van der Waals surface area (Å²) in [5.74, 6) is 0.0853. The number of ether oxygens (including phenoxy) is 1. The highest BCUT2D eigenvalue weighted by atomic mass is 16.5. The van der Waals surface area contributed by atoms with Crippen LogP contribution < -0.4 is 5.73 Å². The lowest BCUT2D eigenvalue weighted by Crippen LogP contribution is -2.06. The molecule has 0 aliphatic heterocycles. The zero-order valence-electron chi connectivity index (χ0n) is 10.2. The van der Waals surface area contributed by atoms with Crippen molar-refractivity contribution in [2.45, 2.75) is 6.92 Å². The Morgan fingerprint density at radius 2 is 2.11 bits per heavy atom. The Morgan fingerprint density at radius 3 is 2.78 bits per heavy atom. The number of anilines is 1. The first-order valence-electron chi connectivity index (χ1n) is 5.39. The Hall–Kier alpha value is -2.43. The lowest BCUT2D eigenvalue weighted by Gasteiger charge is -2.06. The SMILES string of the molecule is COC(=O)c1cc(-c2nccc(C)n2)ccc1N. The van der Waals surface area contributed by atoms with Crippen molar-refractivity contribution in [2.24, 2.45) is 0 Å². The third-order valence-corrected chi connectivity index (χ3v) is 2.51. The first-order chi connectivity index (χ1) is 8.61. The number of carbonyl (C=O) groups excluding carboxylic acids is 1. The lowest BCUT2D eigenvalue weighted by atomic mass is 10.1. The third-order valence-electron chi connectivity index (χ3n) is 2.51. The normalized spacial score (nSPS) is 10.1. The summed E-state index contributed by atoms with van der Waals surface area (Å²) in [5.41, 5.74) is 8.01. The van der Waals surface area contributed by atoms with Gasteiger partial charge in [0.1, 0.15) is 0 Å². The highest BCUT2D eigenvalue weighted by Gasteiger charge is 2.12. The first-order valence-corrected chi connectivity index (χ1v) is 5.39. The molecule has 0 radical (unpaired) electrons. The summed E-state index contributed by atoms with van der Waals surface area (Å²) in [4.78, 5) is 20.0. The van der Waals surface area contributed by atoms with Crippen molar-refractivity contribution in [3.8, 4) is 11.4 Å². The molecule has 0 saturated carbocycles. The fraction of sp³-hybridized carbons (Fsp3) is 0.154. The molecule has 2 rings (SSSR count). The van der Waals surface area contributed by atoms with Crippen LogP contribution in [0.4, 0.5) is 5.69 Å². The van der Waals surface area contributed by atoms with Gasteiger partial charge in [0.25, 0.3) is 0 Å². The fourth-order valence-electron chi connectivity index (χ4n) is 1.57. The van der Waals surface area contributed by atoms with Gasteiger partial charge in [-0.15, -0.1) is 0 Å². The molecule has 0 bridgehead atoms. The predicted octanol–water partition coefficient (Wildman–Crippen LogP) is 1.82. The summed E-state index contributed by atoms with van der Waals surface area (Å²) in [6, 6.07) is 6.86. The largest absolute Gasteiger partial charge is 0.465 e. The highest BCUT2D eigenvalue weighted by Crippen LogP contribution is 2.21.